The molecule has 1 aliphatic heterocycles. The summed E-state index contributed by atoms with van der Waals surface area (Å²) >= 11 is 1.46. The van der Waals surface area contributed by atoms with Crippen molar-refractivity contribution >= 4 is 35.8 Å². The van der Waals surface area contributed by atoms with E-state index in [1.807, 2.05) is 6.92 Å². The number of thioether (sulfide) groups is 1. The van der Waals surface area contributed by atoms with E-state index in [1.54, 1.807) is 6.92 Å². The first-order chi connectivity index (χ1) is 14.0. The first-order valence-corrected chi connectivity index (χ1v) is 12.1. The highest BCUT2D eigenvalue weighted by atomic mass is 32.2. The number of Topliss-reactive ketones (excluding diaryl/α,β-unsaturated/α-hetero) is 1. The molecule has 1 aliphatic rings. The fourth-order valence-electron chi connectivity index (χ4n) is 3.51. The van der Waals surface area contributed by atoms with Gasteiger partial charge in [0.25, 0.3) is 6.47 Å². The molecule has 2 atom stereocenters. The Labute approximate surface area is 179 Å². The van der Waals surface area contributed by atoms with Crippen LogP contribution in [0.1, 0.15) is 84.5 Å². The van der Waals surface area contributed by atoms with Crippen molar-refractivity contribution in [2.75, 3.05) is 18.9 Å². The van der Waals surface area contributed by atoms with E-state index in [0.29, 0.717) is 25.4 Å². The predicted molar refractivity (Wildman–Crippen MR) is 116 cm³/mol. The number of carbonyl (C=O) groups excluding carboxylic acids is 4. The van der Waals surface area contributed by atoms with Gasteiger partial charge in [0.15, 0.2) is 0 Å². The highest BCUT2D eigenvalue weighted by molar-refractivity contribution is 8.00. The van der Waals surface area contributed by atoms with Gasteiger partial charge in [0.05, 0.1) is 11.9 Å². The number of imide groups is 1. The lowest BCUT2D eigenvalue weighted by molar-refractivity contribution is -0.138. The van der Waals surface area contributed by atoms with E-state index < -0.39 is 0 Å². The highest BCUT2D eigenvalue weighted by Crippen LogP contribution is 2.28. The molecule has 0 N–H and O–H groups in total. The van der Waals surface area contributed by atoms with Gasteiger partial charge >= 0.3 is 0 Å². The lowest BCUT2D eigenvalue weighted by Gasteiger charge is -2.16. The lowest BCUT2D eigenvalue weighted by Crippen LogP contribution is -2.32. The maximum Gasteiger partial charge on any atom is 0.293 e. The third kappa shape index (κ3) is 10.3. The number of ketones is 1. The molecular weight excluding hydrogens is 390 g/mol. The van der Waals surface area contributed by atoms with E-state index in [9.17, 15) is 19.2 Å². The fourth-order valence-corrected chi connectivity index (χ4v) is 4.98. The lowest BCUT2D eigenvalue weighted by atomic mass is 10.1. The van der Waals surface area contributed by atoms with Crippen LogP contribution in [-0.2, 0) is 23.9 Å². The average Bonchev–Trinajstić information content (AvgIpc) is 2.96. The predicted octanol–water partition coefficient (Wildman–Crippen LogP) is 4.15. The SMILES string of the molecule is CCC(CSC1CC(=O)N(CCCCCCCCCCCOC=O)C1=O)C(C)=O. The van der Waals surface area contributed by atoms with Crippen LogP contribution in [0.3, 0.4) is 0 Å². The van der Waals surface area contributed by atoms with Gasteiger partial charge in [0.1, 0.15) is 5.78 Å². The summed E-state index contributed by atoms with van der Waals surface area (Å²) in [5.74, 6) is 0.606. The zero-order valence-electron chi connectivity index (χ0n) is 18.0. The Hall–Kier alpha value is -1.37. The fraction of sp³-hybridized carbons (Fsp3) is 0.818. The summed E-state index contributed by atoms with van der Waals surface area (Å²) in [6, 6.07) is 0. The summed E-state index contributed by atoms with van der Waals surface area (Å²) in [7, 11) is 0. The molecule has 0 spiro atoms. The summed E-state index contributed by atoms with van der Waals surface area (Å²) in [5, 5.41) is -0.312. The molecule has 1 fully saturated rings. The molecule has 0 aromatic rings. The van der Waals surface area contributed by atoms with Crippen molar-refractivity contribution in [2.24, 2.45) is 5.92 Å². The van der Waals surface area contributed by atoms with Crippen molar-refractivity contribution in [2.45, 2.75) is 89.7 Å². The number of hydrogen-bond acceptors (Lipinski definition) is 6. The largest absolute Gasteiger partial charge is 0.468 e. The van der Waals surface area contributed by atoms with Crippen LogP contribution in [0, 0.1) is 5.92 Å². The number of hydrogen-bond donors (Lipinski definition) is 0. The molecule has 29 heavy (non-hydrogen) atoms. The molecule has 1 heterocycles. The van der Waals surface area contributed by atoms with E-state index in [2.05, 4.69) is 4.74 Å². The van der Waals surface area contributed by atoms with Gasteiger partial charge in [-0.1, -0.05) is 51.9 Å². The van der Waals surface area contributed by atoms with Crippen molar-refractivity contribution in [3.63, 3.8) is 0 Å². The van der Waals surface area contributed by atoms with Crippen molar-refractivity contribution in [1.29, 1.82) is 0 Å². The third-order valence-electron chi connectivity index (χ3n) is 5.48. The minimum absolute atomic E-state index is 0.0263. The Morgan fingerprint density at radius 2 is 1.69 bits per heavy atom. The number of nitrogens with zero attached hydrogens (tertiary/aromatic N) is 1. The van der Waals surface area contributed by atoms with Gasteiger partial charge in [-0.3, -0.25) is 24.1 Å². The van der Waals surface area contributed by atoms with Crippen LogP contribution in [0.15, 0.2) is 0 Å². The van der Waals surface area contributed by atoms with Crippen LogP contribution in [0.2, 0.25) is 0 Å². The van der Waals surface area contributed by atoms with Gasteiger partial charge in [-0.2, -0.15) is 0 Å². The number of amides is 2. The number of ether oxygens (including phenoxy) is 1. The molecule has 7 heteroatoms. The number of carbonyl (C=O) groups is 4. The molecule has 0 aromatic heterocycles. The Morgan fingerprint density at radius 1 is 1.10 bits per heavy atom. The first kappa shape index (κ1) is 25.7. The Balaban J connectivity index is 2.09. The van der Waals surface area contributed by atoms with Crippen molar-refractivity contribution in [1.82, 2.24) is 4.90 Å². The molecular formula is C22H37NO5S. The highest BCUT2D eigenvalue weighted by Gasteiger charge is 2.38. The number of likely N-dealkylation sites (tertiary alicyclic amines) is 1. The first-order valence-electron chi connectivity index (χ1n) is 11.0. The third-order valence-corrected chi connectivity index (χ3v) is 6.85. The second-order valence-corrected chi connectivity index (χ2v) is 9.01. The summed E-state index contributed by atoms with van der Waals surface area (Å²) in [5.41, 5.74) is 0. The molecule has 1 saturated heterocycles. The summed E-state index contributed by atoms with van der Waals surface area (Å²) in [6.07, 6.45) is 10.8. The van der Waals surface area contributed by atoms with E-state index in [1.165, 1.54) is 42.3 Å². The molecule has 6 nitrogen and oxygen atoms in total. The van der Waals surface area contributed by atoms with Crippen LogP contribution < -0.4 is 0 Å². The minimum Gasteiger partial charge on any atom is -0.468 e. The monoisotopic (exact) mass is 427 g/mol. The maximum absolute atomic E-state index is 12.5. The summed E-state index contributed by atoms with van der Waals surface area (Å²) in [6.45, 7) is 5.11. The van der Waals surface area contributed by atoms with Crippen molar-refractivity contribution < 1.29 is 23.9 Å². The smallest absolute Gasteiger partial charge is 0.293 e. The quantitative estimate of drug-likeness (QED) is 0.186. The molecule has 0 saturated carbocycles. The number of rotatable bonds is 18. The molecule has 0 radical (unpaired) electrons. The summed E-state index contributed by atoms with van der Waals surface area (Å²) in [4.78, 5) is 47.6. The molecule has 166 valence electrons. The van der Waals surface area contributed by atoms with Crippen molar-refractivity contribution in [3.8, 4) is 0 Å². The van der Waals surface area contributed by atoms with E-state index in [4.69, 9.17) is 0 Å². The zero-order valence-corrected chi connectivity index (χ0v) is 18.8. The van der Waals surface area contributed by atoms with E-state index in [-0.39, 0.29) is 35.2 Å². The molecule has 2 amide bonds. The van der Waals surface area contributed by atoms with Gasteiger partial charge in [0, 0.05) is 24.6 Å². The van der Waals surface area contributed by atoms with Gasteiger partial charge in [0.2, 0.25) is 11.8 Å². The Bertz CT molecular complexity index is 525. The molecule has 1 rings (SSSR count). The van der Waals surface area contributed by atoms with Crippen LogP contribution in [-0.4, -0.2) is 53.1 Å². The second-order valence-electron chi connectivity index (χ2n) is 7.77. The zero-order chi connectivity index (χ0) is 21.5. The van der Waals surface area contributed by atoms with Gasteiger partial charge in [-0.25, -0.2) is 0 Å². The van der Waals surface area contributed by atoms with E-state index in [0.717, 1.165) is 38.5 Å². The summed E-state index contributed by atoms with van der Waals surface area (Å²) < 4.78 is 4.66. The van der Waals surface area contributed by atoms with Gasteiger partial charge in [-0.05, 0) is 26.2 Å². The molecule has 0 aliphatic carbocycles. The Morgan fingerprint density at radius 3 is 2.24 bits per heavy atom. The van der Waals surface area contributed by atoms with Gasteiger partial charge < -0.3 is 4.74 Å². The van der Waals surface area contributed by atoms with Crippen LogP contribution >= 0.6 is 11.8 Å². The molecule has 0 bridgehead atoms. The van der Waals surface area contributed by atoms with Crippen LogP contribution in [0.4, 0.5) is 0 Å². The van der Waals surface area contributed by atoms with Crippen LogP contribution in [0.5, 0.6) is 0 Å². The van der Waals surface area contributed by atoms with Gasteiger partial charge in [-0.15, -0.1) is 11.8 Å². The normalized spacial score (nSPS) is 17.6. The maximum atomic E-state index is 12.5. The van der Waals surface area contributed by atoms with E-state index >= 15 is 0 Å². The minimum atomic E-state index is -0.312. The standard InChI is InChI=1S/C22H37NO5S/c1-3-19(18(2)25)16-29-20-15-21(26)23(22(20)27)13-11-9-7-5-4-6-8-10-12-14-28-17-24/h17,19-20H,3-16H2,1-2H3. The molecule has 0 aromatic carbocycles. The van der Waals surface area contributed by atoms with Crippen molar-refractivity contribution in [3.05, 3.63) is 0 Å². The van der Waals surface area contributed by atoms with Crippen LogP contribution in [0.25, 0.3) is 0 Å². The second kappa shape index (κ2) is 15.5. The number of unbranched alkanes of at least 4 members (excludes halogenated alkanes) is 8. The average molecular weight is 428 g/mol. The Kier molecular flexibility index (Phi) is 13.7. The topological polar surface area (TPSA) is 80.8 Å². The molecule has 2 unspecified atom stereocenters.